The lowest BCUT2D eigenvalue weighted by Crippen LogP contribution is -3.24. The summed E-state index contributed by atoms with van der Waals surface area (Å²) in [4.78, 5) is 24.4. The Morgan fingerprint density at radius 3 is 2.73 bits per heavy atom. The summed E-state index contributed by atoms with van der Waals surface area (Å²) >= 11 is 5.92. The number of anilines is 1. The number of hydrogen-bond acceptors (Lipinski definition) is 3. The lowest BCUT2D eigenvalue weighted by atomic mass is 10.1. The van der Waals surface area contributed by atoms with Gasteiger partial charge in [0, 0.05) is 10.7 Å². The zero-order chi connectivity index (χ0) is 16.1. The third kappa shape index (κ3) is 4.43. The Morgan fingerprint density at radius 1 is 1.41 bits per heavy atom. The first-order chi connectivity index (χ1) is 10.5. The van der Waals surface area contributed by atoms with Crippen LogP contribution in [-0.2, 0) is 9.59 Å². The number of hydrogen-bond donors (Lipinski definition) is 3. The van der Waals surface area contributed by atoms with Gasteiger partial charge in [0.25, 0.3) is 0 Å². The van der Waals surface area contributed by atoms with Gasteiger partial charge in [-0.25, -0.2) is 0 Å². The normalized spacial score (nSPS) is 17.0. The molecule has 1 fully saturated rings. The van der Waals surface area contributed by atoms with Crippen molar-refractivity contribution in [3.8, 4) is 0 Å². The van der Waals surface area contributed by atoms with Crippen LogP contribution in [0.2, 0.25) is 5.02 Å². The average Bonchev–Trinajstić information content (AvgIpc) is 2.49. The van der Waals surface area contributed by atoms with Gasteiger partial charge in [-0.2, -0.15) is 0 Å². The number of rotatable bonds is 5. The Balaban J connectivity index is 2.01. The van der Waals surface area contributed by atoms with Crippen LogP contribution in [0.25, 0.3) is 0 Å². The van der Waals surface area contributed by atoms with Crippen LogP contribution >= 0.6 is 11.6 Å². The summed E-state index contributed by atoms with van der Waals surface area (Å²) < 4.78 is 0. The Bertz CT molecular complexity index is 559. The summed E-state index contributed by atoms with van der Waals surface area (Å²) in [6.45, 7) is 5.04. The van der Waals surface area contributed by atoms with Crippen molar-refractivity contribution >= 4 is 29.2 Å². The molecule has 22 heavy (non-hydrogen) atoms. The van der Waals surface area contributed by atoms with Crippen molar-refractivity contribution in [2.24, 2.45) is 0 Å². The number of carbonyl (C=O) groups is 2. The van der Waals surface area contributed by atoms with E-state index in [2.05, 4.69) is 10.6 Å². The molecule has 0 unspecified atom stereocenters. The molecule has 1 saturated heterocycles. The molecule has 4 N–H and O–H groups in total. The number of benzene rings is 1. The van der Waals surface area contributed by atoms with Crippen molar-refractivity contribution < 1.29 is 24.9 Å². The summed E-state index contributed by atoms with van der Waals surface area (Å²) in [7, 11) is 0. The van der Waals surface area contributed by atoms with Crippen molar-refractivity contribution in [3.05, 3.63) is 28.8 Å². The highest BCUT2D eigenvalue weighted by Crippen LogP contribution is 2.20. The van der Waals surface area contributed by atoms with Crippen molar-refractivity contribution in [2.45, 2.75) is 19.4 Å². The van der Waals surface area contributed by atoms with Gasteiger partial charge >= 0.3 is 0 Å². The Hall–Kier alpha value is -1.63. The Kier molecular flexibility index (Phi) is 5.76. The second-order valence-corrected chi connectivity index (χ2v) is 6.04. The van der Waals surface area contributed by atoms with Gasteiger partial charge in [0.1, 0.15) is 32.2 Å². The molecule has 120 valence electrons. The Labute approximate surface area is 134 Å². The zero-order valence-corrected chi connectivity index (χ0v) is 13.3. The molecule has 1 aliphatic heterocycles. The molecule has 0 aliphatic carbocycles. The van der Waals surface area contributed by atoms with Gasteiger partial charge in [0.05, 0.1) is 12.4 Å². The summed E-state index contributed by atoms with van der Waals surface area (Å²) in [5, 5.41) is 16.8. The lowest BCUT2D eigenvalue weighted by Gasteiger charge is -2.30. The first-order valence-corrected chi connectivity index (χ1v) is 7.78. The van der Waals surface area contributed by atoms with E-state index in [0.29, 0.717) is 10.7 Å². The zero-order valence-electron chi connectivity index (χ0n) is 12.5. The molecule has 0 saturated carbocycles. The number of amides is 1. The number of nitrogens with one attached hydrogen (secondary N) is 2. The summed E-state index contributed by atoms with van der Waals surface area (Å²) in [6.07, 6.45) is -0.0936. The minimum atomic E-state index is -1.17. The quantitative estimate of drug-likeness (QED) is 0.561. The fraction of sp³-hybridized carbons (Fsp3) is 0.467. The van der Waals surface area contributed by atoms with Crippen LogP contribution in [0.15, 0.2) is 18.2 Å². The molecule has 1 aromatic carbocycles. The maximum Gasteiger partial charge on any atom is 0.230 e. The van der Waals surface area contributed by atoms with Crippen LogP contribution in [-0.4, -0.2) is 44.1 Å². The third-order valence-corrected chi connectivity index (χ3v) is 4.21. The SMILES string of the molecule is Cc1ccc(Cl)cc1NC(=O)C[C@@H](C(=O)[O-])[NH+]1CC[NH2+]CC1. The van der Waals surface area contributed by atoms with E-state index in [1.165, 1.54) is 0 Å². The van der Waals surface area contributed by atoms with E-state index in [1.807, 2.05) is 6.92 Å². The average molecular weight is 327 g/mol. The molecule has 7 heteroatoms. The fourth-order valence-electron chi connectivity index (χ4n) is 2.70. The molecule has 1 aromatic rings. The maximum atomic E-state index is 12.2. The van der Waals surface area contributed by atoms with E-state index in [-0.39, 0.29) is 12.3 Å². The molecular weight excluding hydrogens is 306 g/mol. The van der Waals surface area contributed by atoms with E-state index < -0.39 is 12.0 Å². The fourth-order valence-corrected chi connectivity index (χ4v) is 2.87. The second kappa shape index (κ2) is 7.58. The lowest BCUT2D eigenvalue weighted by molar-refractivity contribution is -0.961. The molecule has 0 radical (unpaired) electrons. The highest BCUT2D eigenvalue weighted by molar-refractivity contribution is 6.31. The molecule has 0 bridgehead atoms. The topological polar surface area (TPSA) is 90.3 Å². The molecule has 6 nitrogen and oxygen atoms in total. The maximum absolute atomic E-state index is 12.2. The van der Waals surface area contributed by atoms with Gasteiger partial charge in [-0.05, 0) is 24.6 Å². The first kappa shape index (κ1) is 16.7. The van der Waals surface area contributed by atoms with Crippen LogP contribution in [0.4, 0.5) is 5.69 Å². The van der Waals surface area contributed by atoms with Gasteiger partial charge in [0.15, 0.2) is 0 Å². The largest absolute Gasteiger partial charge is 0.544 e. The van der Waals surface area contributed by atoms with E-state index in [1.54, 1.807) is 18.2 Å². The van der Waals surface area contributed by atoms with Gasteiger partial charge < -0.3 is 25.4 Å². The summed E-state index contributed by atoms with van der Waals surface area (Å²) in [5.74, 6) is -1.50. The number of carboxylic acids is 1. The number of aliphatic carboxylic acids is 1. The van der Waals surface area contributed by atoms with Crippen LogP contribution in [0, 0.1) is 6.92 Å². The molecule has 0 aromatic heterocycles. The van der Waals surface area contributed by atoms with Crippen LogP contribution in [0.1, 0.15) is 12.0 Å². The first-order valence-electron chi connectivity index (χ1n) is 7.40. The summed E-state index contributed by atoms with van der Waals surface area (Å²) in [5.41, 5.74) is 1.49. The van der Waals surface area contributed by atoms with Crippen molar-refractivity contribution in [2.75, 3.05) is 31.5 Å². The number of halogens is 1. The van der Waals surface area contributed by atoms with Crippen molar-refractivity contribution in [1.29, 1.82) is 0 Å². The number of piperazine rings is 1. The predicted octanol–water partition coefficient (Wildman–Crippen LogP) is -2.44. The van der Waals surface area contributed by atoms with E-state index in [0.717, 1.165) is 36.6 Å². The number of carboxylic acid groups (broad SMARTS) is 1. The molecule has 1 atom stereocenters. The predicted molar refractivity (Wildman–Crippen MR) is 80.6 cm³/mol. The van der Waals surface area contributed by atoms with Crippen LogP contribution in [0.3, 0.4) is 0 Å². The van der Waals surface area contributed by atoms with Gasteiger partial charge in [-0.1, -0.05) is 17.7 Å². The van der Waals surface area contributed by atoms with Crippen molar-refractivity contribution in [3.63, 3.8) is 0 Å². The molecule has 1 aliphatic rings. The Morgan fingerprint density at radius 2 is 2.09 bits per heavy atom. The molecule has 0 spiro atoms. The van der Waals surface area contributed by atoms with E-state index in [4.69, 9.17) is 11.6 Å². The monoisotopic (exact) mass is 326 g/mol. The molecule has 2 rings (SSSR count). The molecule has 1 amide bonds. The third-order valence-electron chi connectivity index (χ3n) is 3.98. The smallest absolute Gasteiger partial charge is 0.230 e. The second-order valence-electron chi connectivity index (χ2n) is 5.61. The van der Waals surface area contributed by atoms with E-state index >= 15 is 0 Å². The number of nitrogens with two attached hydrogens (primary N) is 1. The standard InChI is InChI=1S/C15H20ClN3O3/c1-10-2-3-11(16)8-12(10)18-14(20)9-13(15(21)22)19-6-4-17-5-7-19/h2-3,8,13,17H,4-7,9H2,1H3,(H,18,20)(H,21,22)/p+1/t13-/m0/s1. The van der Waals surface area contributed by atoms with Crippen LogP contribution < -0.4 is 20.6 Å². The van der Waals surface area contributed by atoms with Crippen molar-refractivity contribution in [1.82, 2.24) is 0 Å². The highest BCUT2D eigenvalue weighted by Gasteiger charge is 2.29. The van der Waals surface area contributed by atoms with Gasteiger partial charge in [-0.3, -0.25) is 4.79 Å². The van der Waals surface area contributed by atoms with Gasteiger partial charge in [-0.15, -0.1) is 0 Å². The summed E-state index contributed by atoms with van der Waals surface area (Å²) in [6, 6.07) is 4.39. The minimum Gasteiger partial charge on any atom is -0.544 e. The highest BCUT2D eigenvalue weighted by atomic mass is 35.5. The number of aryl methyl sites for hydroxylation is 1. The van der Waals surface area contributed by atoms with Gasteiger partial charge in [0.2, 0.25) is 5.91 Å². The van der Waals surface area contributed by atoms with E-state index in [9.17, 15) is 14.7 Å². The van der Waals surface area contributed by atoms with Crippen LogP contribution in [0.5, 0.6) is 0 Å². The molecular formula is C15H21ClN3O3+. The number of carbonyl (C=O) groups excluding carboxylic acids is 2. The number of quaternary nitrogens is 2. The molecule has 1 heterocycles. The minimum absolute atomic E-state index is 0.0936.